The summed E-state index contributed by atoms with van der Waals surface area (Å²) < 4.78 is 1.95. The predicted octanol–water partition coefficient (Wildman–Crippen LogP) is 2.18. The number of aryl methyl sites for hydroxylation is 2. The Balaban J connectivity index is 1.87. The van der Waals surface area contributed by atoms with Crippen molar-refractivity contribution in [3.63, 3.8) is 0 Å². The molecule has 112 valence electrons. The predicted molar refractivity (Wildman–Crippen MR) is 85.8 cm³/mol. The number of nitrogens with two attached hydrogens (primary N) is 1. The van der Waals surface area contributed by atoms with E-state index in [2.05, 4.69) is 41.2 Å². The lowest BCUT2D eigenvalue weighted by atomic mass is 10.0. The zero-order valence-electron chi connectivity index (χ0n) is 12.9. The fraction of sp³-hybridized carbons (Fsp3) is 0.471. The quantitative estimate of drug-likeness (QED) is 0.936. The Labute approximate surface area is 126 Å². The number of likely N-dealkylation sites (tertiary alicyclic amines) is 1. The first-order valence-electron chi connectivity index (χ1n) is 7.67. The Kier molecular flexibility index (Phi) is 4.08. The first-order valence-corrected chi connectivity index (χ1v) is 7.67. The molecule has 0 radical (unpaired) electrons. The van der Waals surface area contributed by atoms with E-state index in [9.17, 15) is 0 Å². The van der Waals surface area contributed by atoms with E-state index in [1.165, 1.54) is 28.8 Å². The van der Waals surface area contributed by atoms with E-state index >= 15 is 0 Å². The fourth-order valence-corrected chi connectivity index (χ4v) is 3.19. The summed E-state index contributed by atoms with van der Waals surface area (Å²) in [5, 5.41) is 4.31. The van der Waals surface area contributed by atoms with Crippen LogP contribution in [-0.4, -0.2) is 34.3 Å². The number of nitrogens with zero attached hydrogens (tertiary/aromatic N) is 3. The fourth-order valence-electron chi connectivity index (χ4n) is 3.19. The summed E-state index contributed by atoms with van der Waals surface area (Å²) in [6.45, 7) is 6.22. The van der Waals surface area contributed by atoms with E-state index in [-0.39, 0.29) is 0 Å². The minimum atomic E-state index is 0.663. The van der Waals surface area contributed by atoms with Crippen molar-refractivity contribution in [2.45, 2.75) is 19.9 Å². The van der Waals surface area contributed by atoms with E-state index in [0.717, 1.165) is 26.2 Å². The minimum absolute atomic E-state index is 0.663. The molecular weight excluding hydrogens is 260 g/mol. The van der Waals surface area contributed by atoms with Gasteiger partial charge in [-0.05, 0) is 50.0 Å². The lowest BCUT2D eigenvalue weighted by Gasteiger charge is -2.19. The molecule has 21 heavy (non-hydrogen) atoms. The highest BCUT2D eigenvalue weighted by molar-refractivity contribution is 5.64. The van der Waals surface area contributed by atoms with Gasteiger partial charge < -0.3 is 5.73 Å². The van der Waals surface area contributed by atoms with Crippen LogP contribution >= 0.6 is 0 Å². The van der Waals surface area contributed by atoms with Crippen LogP contribution in [0.25, 0.3) is 11.3 Å². The van der Waals surface area contributed by atoms with E-state index < -0.39 is 0 Å². The van der Waals surface area contributed by atoms with Gasteiger partial charge >= 0.3 is 0 Å². The summed E-state index contributed by atoms with van der Waals surface area (Å²) in [6, 6.07) is 8.81. The molecule has 1 saturated heterocycles. The number of aromatic nitrogens is 2. The molecule has 4 heteroatoms. The van der Waals surface area contributed by atoms with Gasteiger partial charge in [0.1, 0.15) is 0 Å². The van der Waals surface area contributed by atoms with Gasteiger partial charge in [-0.25, -0.2) is 0 Å². The van der Waals surface area contributed by atoms with Gasteiger partial charge in [0, 0.05) is 31.9 Å². The second-order valence-electron chi connectivity index (χ2n) is 6.13. The van der Waals surface area contributed by atoms with Gasteiger partial charge in [0.2, 0.25) is 0 Å². The first kappa shape index (κ1) is 14.3. The Morgan fingerprint density at radius 1 is 1.33 bits per heavy atom. The summed E-state index contributed by atoms with van der Waals surface area (Å²) in [5.41, 5.74) is 10.9. The van der Waals surface area contributed by atoms with Crippen LogP contribution in [0.3, 0.4) is 0 Å². The molecule has 1 aromatic heterocycles. The number of hydrogen-bond acceptors (Lipinski definition) is 3. The highest BCUT2D eigenvalue weighted by Gasteiger charge is 2.22. The highest BCUT2D eigenvalue weighted by atomic mass is 15.3. The molecule has 4 nitrogen and oxygen atoms in total. The van der Waals surface area contributed by atoms with E-state index in [1.807, 2.05) is 17.9 Å². The van der Waals surface area contributed by atoms with Crippen molar-refractivity contribution in [3.8, 4) is 11.3 Å². The van der Waals surface area contributed by atoms with Crippen LogP contribution in [0, 0.1) is 12.8 Å². The van der Waals surface area contributed by atoms with Gasteiger partial charge in [-0.2, -0.15) is 5.10 Å². The lowest BCUT2D eigenvalue weighted by molar-refractivity contribution is 0.318. The smallest absolute Gasteiger partial charge is 0.0682 e. The second-order valence-corrected chi connectivity index (χ2v) is 6.13. The SMILES string of the molecule is Cc1ccc(CN2CCC(CN)C2)c(-c2ccnn2C)c1. The monoisotopic (exact) mass is 284 g/mol. The standard InChI is InChI=1S/C17H24N4/c1-13-3-4-15(12-21-8-6-14(10-18)11-21)16(9-13)17-5-7-19-20(17)2/h3-5,7,9,14H,6,8,10-12,18H2,1-2H3. The Hall–Kier alpha value is -1.65. The van der Waals surface area contributed by atoms with Crippen molar-refractivity contribution in [2.75, 3.05) is 19.6 Å². The highest BCUT2D eigenvalue weighted by Crippen LogP contribution is 2.27. The maximum Gasteiger partial charge on any atom is 0.0682 e. The van der Waals surface area contributed by atoms with Crippen molar-refractivity contribution in [1.82, 2.24) is 14.7 Å². The van der Waals surface area contributed by atoms with Crippen molar-refractivity contribution < 1.29 is 0 Å². The van der Waals surface area contributed by atoms with E-state index in [0.29, 0.717) is 5.92 Å². The Morgan fingerprint density at radius 2 is 2.19 bits per heavy atom. The zero-order chi connectivity index (χ0) is 14.8. The molecule has 0 spiro atoms. The van der Waals surface area contributed by atoms with Crippen molar-refractivity contribution in [3.05, 3.63) is 41.6 Å². The third-order valence-electron chi connectivity index (χ3n) is 4.46. The van der Waals surface area contributed by atoms with Crippen LogP contribution in [0.15, 0.2) is 30.5 Å². The van der Waals surface area contributed by atoms with Crippen molar-refractivity contribution >= 4 is 0 Å². The summed E-state index contributed by atoms with van der Waals surface area (Å²) in [5.74, 6) is 0.663. The Bertz CT molecular complexity index is 617. The largest absolute Gasteiger partial charge is 0.330 e. The molecule has 1 aliphatic heterocycles. The van der Waals surface area contributed by atoms with E-state index in [1.54, 1.807) is 0 Å². The molecule has 2 N–H and O–H groups in total. The summed E-state index contributed by atoms with van der Waals surface area (Å²) in [7, 11) is 2.00. The van der Waals surface area contributed by atoms with Crippen LogP contribution in [0.5, 0.6) is 0 Å². The number of benzene rings is 1. The molecule has 0 bridgehead atoms. The minimum Gasteiger partial charge on any atom is -0.330 e. The van der Waals surface area contributed by atoms with Crippen LogP contribution in [0.4, 0.5) is 0 Å². The van der Waals surface area contributed by atoms with E-state index in [4.69, 9.17) is 5.73 Å². The molecule has 2 heterocycles. The molecule has 1 aromatic carbocycles. The third kappa shape index (κ3) is 3.01. The molecule has 2 aromatic rings. The summed E-state index contributed by atoms with van der Waals surface area (Å²) in [4.78, 5) is 2.52. The second kappa shape index (κ2) is 6.00. The molecule has 0 amide bonds. The molecule has 1 unspecified atom stereocenters. The van der Waals surface area contributed by atoms with Crippen LogP contribution in [-0.2, 0) is 13.6 Å². The average molecular weight is 284 g/mol. The van der Waals surface area contributed by atoms with Gasteiger partial charge in [0.25, 0.3) is 0 Å². The molecule has 0 aliphatic carbocycles. The summed E-state index contributed by atoms with van der Waals surface area (Å²) >= 11 is 0. The molecular formula is C17H24N4. The topological polar surface area (TPSA) is 47.1 Å². The molecule has 1 aliphatic rings. The lowest BCUT2D eigenvalue weighted by Crippen LogP contribution is -2.23. The Morgan fingerprint density at radius 3 is 2.86 bits per heavy atom. The van der Waals surface area contributed by atoms with Crippen molar-refractivity contribution in [1.29, 1.82) is 0 Å². The van der Waals surface area contributed by atoms with Gasteiger partial charge in [-0.1, -0.05) is 17.7 Å². The molecule has 1 atom stereocenters. The number of hydrogen-bond donors (Lipinski definition) is 1. The van der Waals surface area contributed by atoms with Crippen molar-refractivity contribution in [2.24, 2.45) is 18.7 Å². The molecule has 0 saturated carbocycles. The maximum atomic E-state index is 5.80. The first-order chi connectivity index (χ1) is 10.2. The van der Waals surface area contributed by atoms with Crippen LogP contribution in [0.1, 0.15) is 17.5 Å². The third-order valence-corrected chi connectivity index (χ3v) is 4.46. The van der Waals surface area contributed by atoms with Gasteiger partial charge in [-0.3, -0.25) is 9.58 Å². The molecule has 1 fully saturated rings. The van der Waals surface area contributed by atoms with Crippen LogP contribution < -0.4 is 5.73 Å². The zero-order valence-corrected chi connectivity index (χ0v) is 12.9. The van der Waals surface area contributed by atoms with Crippen LogP contribution in [0.2, 0.25) is 0 Å². The van der Waals surface area contributed by atoms with Gasteiger partial charge in [0.15, 0.2) is 0 Å². The maximum absolute atomic E-state index is 5.80. The average Bonchev–Trinajstić information content (AvgIpc) is 3.09. The number of rotatable bonds is 4. The normalized spacial score (nSPS) is 19.3. The molecule has 3 rings (SSSR count). The van der Waals surface area contributed by atoms with Gasteiger partial charge in [0.05, 0.1) is 5.69 Å². The summed E-state index contributed by atoms with van der Waals surface area (Å²) in [6.07, 6.45) is 3.09. The van der Waals surface area contributed by atoms with Gasteiger partial charge in [-0.15, -0.1) is 0 Å².